The average Bonchev–Trinajstić information content (AvgIpc) is 3.18. The molecule has 0 atom stereocenters. The fraction of sp³-hybridized carbons (Fsp3) is 0.280. The van der Waals surface area contributed by atoms with Crippen molar-refractivity contribution >= 4 is 17.6 Å². The molecule has 168 valence electrons. The van der Waals surface area contributed by atoms with Crippen LogP contribution in [0.25, 0.3) is 0 Å². The third kappa shape index (κ3) is 6.20. The van der Waals surface area contributed by atoms with Gasteiger partial charge in [0.2, 0.25) is 5.91 Å². The second-order valence-electron chi connectivity index (χ2n) is 7.88. The Labute approximate surface area is 187 Å². The third-order valence-corrected chi connectivity index (χ3v) is 5.02. The highest BCUT2D eigenvalue weighted by molar-refractivity contribution is 5.92. The largest absolute Gasteiger partial charge is 0.464 e. The number of anilines is 1. The van der Waals surface area contributed by atoms with Gasteiger partial charge in [-0.3, -0.25) is 4.79 Å². The van der Waals surface area contributed by atoms with E-state index in [0.717, 1.165) is 11.3 Å². The van der Waals surface area contributed by atoms with E-state index in [1.54, 1.807) is 17.0 Å². The van der Waals surface area contributed by atoms with Gasteiger partial charge in [-0.2, -0.15) is 0 Å². The Balaban J connectivity index is 1.76. The molecule has 32 heavy (non-hydrogen) atoms. The first-order valence-corrected chi connectivity index (χ1v) is 10.5. The number of amides is 3. The van der Waals surface area contributed by atoms with Crippen molar-refractivity contribution in [1.29, 1.82) is 0 Å². The van der Waals surface area contributed by atoms with Gasteiger partial charge in [0.25, 0.3) is 0 Å². The molecule has 0 bridgehead atoms. The van der Waals surface area contributed by atoms with Gasteiger partial charge in [0.15, 0.2) is 0 Å². The van der Waals surface area contributed by atoms with Crippen molar-refractivity contribution in [3.63, 3.8) is 0 Å². The SMILES string of the molecule is Cc1ccc(CN(Cc2ccccc2)C(=O)CN(C(=O)Nc2ccccc2F)C(C)C)o1. The molecule has 3 amide bonds. The van der Waals surface area contributed by atoms with Gasteiger partial charge in [-0.25, -0.2) is 9.18 Å². The van der Waals surface area contributed by atoms with Crippen molar-refractivity contribution in [3.8, 4) is 0 Å². The number of nitrogens with one attached hydrogen (secondary N) is 1. The molecule has 0 aliphatic rings. The number of urea groups is 1. The highest BCUT2D eigenvalue weighted by Gasteiger charge is 2.25. The summed E-state index contributed by atoms with van der Waals surface area (Å²) in [6.07, 6.45) is 0. The fourth-order valence-corrected chi connectivity index (χ4v) is 3.28. The van der Waals surface area contributed by atoms with Crippen molar-refractivity contribution in [1.82, 2.24) is 9.80 Å². The second kappa shape index (κ2) is 10.6. The molecule has 2 aromatic carbocycles. The van der Waals surface area contributed by atoms with Crippen LogP contribution in [0.4, 0.5) is 14.9 Å². The Kier molecular flexibility index (Phi) is 7.65. The average molecular weight is 438 g/mol. The Morgan fingerprint density at radius 1 is 0.969 bits per heavy atom. The molecule has 1 aromatic heterocycles. The maximum Gasteiger partial charge on any atom is 0.322 e. The minimum Gasteiger partial charge on any atom is -0.464 e. The first-order valence-electron chi connectivity index (χ1n) is 10.5. The Morgan fingerprint density at radius 2 is 1.66 bits per heavy atom. The maximum absolute atomic E-state index is 14.0. The lowest BCUT2D eigenvalue weighted by Gasteiger charge is -2.30. The van der Waals surface area contributed by atoms with Gasteiger partial charge in [-0.1, -0.05) is 42.5 Å². The lowest BCUT2D eigenvalue weighted by molar-refractivity contribution is -0.133. The number of carbonyl (C=O) groups is 2. The van der Waals surface area contributed by atoms with Crippen LogP contribution < -0.4 is 5.32 Å². The summed E-state index contributed by atoms with van der Waals surface area (Å²) in [5.74, 6) is 0.661. The quantitative estimate of drug-likeness (QED) is 0.527. The number of carbonyl (C=O) groups excluding carboxylic acids is 2. The number of rotatable bonds is 8. The van der Waals surface area contributed by atoms with Crippen molar-refractivity contribution in [2.24, 2.45) is 0 Å². The van der Waals surface area contributed by atoms with Crippen molar-refractivity contribution in [2.45, 2.75) is 39.9 Å². The molecule has 0 saturated carbocycles. The first kappa shape index (κ1) is 23.1. The topological polar surface area (TPSA) is 65.8 Å². The van der Waals surface area contributed by atoms with Crippen LogP contribution >= 0.6 is 0 Å². The molecule has 0 aliphatic carbocycles. The number of hydrogen-bond donors (Lipinski definition) is 1. The molecule has 6 nitrogen and oxygen atoms in total. The smallest absolute Gasteiger partial charge is 0.322 e. The van der Waals surface area contributed by atoms with E-state index in [2.05, 4.69) is 5.32 Å². The Morgan fingerprint density at radius 3 is 2.28 bits per heavy atom. The van der Waals surface area contributed by atoms with Crippen LogP contribution in [-0.4, -0.2) is 34.3 Å². The number of aryl methyl sites for hydroxylation is 1. The number of nitrogens with zero attached hydrogens (tertiary/aromatic N) is 2. The van der Waals surface area contributed by atoms with E-state index in [9.17, 15) is 14.0 Å². The second-order valence-corrected chi connectivity index (χ2v) is 7.88. The summed E-state index contributed by atoms with van der Waals surface area (Å²) in [6, 6.07) is 18.5. The summed E-state index contributed by atoms with van der Waals surface area (Å²) in [6.45, 7) is 5.98. The molecule has 7 heteroatoms. The first-order chi connectivity index (χ1) is 15.3. The highest BCUT2D eigenvalue weighted by Crippen LogP contribution is 2.16. The van der Waals surface area contributed by atoms with Crippen molar-refractivity contribution in [2.75, 3.05) is 11.9 Å². The zero-order valence-corrected chi connectivity index (χ0v) is 18.5. The van der Waals surface area contributed by atoms with Crippen molar-refractivity contribution in [3.05, 3.63) is 89.6 Å². The predicted octanol–water partition coefficient (Wildman–Crippen LogP) is 5.20. The number of halogens is 1. The zero-order valence-electron chi connectivity index (χ0n) is 18.5. The van der Waals surface area contributed by atoms with Crippen LogP contribution in [0.2, 0.25) is 0 Å². The molecule has 0 aliphatic heterocycles. The van der Waals surface area contributed by atoms with E-state index in [4.69, 9.17) is 4.42 Å². The predicted molar refractivity (Wildman–Crippen MR) is 121 cm³/mol. The van der Waals surface area contributed by atoms with E-state index in [-0.39, 0.29) is 30.7 Å². The monoisotopic (exact) mass is 437 g/mol. The molecule has 1 heterocycles. The standard InChI is InChI=1S/C25H28FN3O3/c1-18(2)29(25(31)27-23-12-8-7-11-22(23)26)17-24(30)28(15-20-9-5-4-6-10-20)16-21-14-13-19(3)32-21/h4-14,18H,15-17H2,1-3H3,(H,27,31). The summed E-state index contributed by atoms with van der Waals surface area (Å²) in [5, 5.41) is 2.56. The summed E-state index contributed by atoms with van der Waals surface area (Å²) in [7, 11) is 0. The van der Waals surface area contributed by atoms with Gasteiger partial charge < -0.3 is 19.5 Å². The van der Waals surface area contributed by atoms with E-state index >= 15 is 0 Å². The summed E-state index contributed by atoms with van der Waals surface area (Å²) >= 11 is 0. The lowest BCUT2D eigenvalue weighted by Crippen LogP contribution is -2.47. The molecule has 0 saturated heterocycles. The number of benzene rings is 2. The van der Waals surface area contributed by atoms with Crippen LogP contribution in [0, 0.1) is 12.7 Å². The molecule has 0 spiro atoms. The Hall–Kier alpha value is -3.61. The molecule has 0 unspecified atom stereocenters. The normalized spacial score (nSPS) is 10.8. The molecule has 0 radical (unpaired) electrons. The van der Waals surface area contributed by atoms with Gasteiger partial charge in [-0.05, 0) is 50.6 Å². The number of para-hydroxylation sites is 1. The van der Waals surface area contributed by atoms with Crippen LogP contribution in [0.3, 0.4) is 0 Å². The molecule has 3 aromatic rings. The van der Waals surface area contributed by atoms with Crippen LogP contribution in [0.1, 0.15) is 30.9 Å². The van der Waals surface area contributed by atoms with Crippen LogP contribution in [0.5, 0.6) is 0 Å². The zero-order chi connectivity index (χ0) is 23.1. The minimum atomic E-state index is -0.535. The van der Waals surface area contributed by atoms with E-state index < -0.39 is 11.8 Å². The molecular formula is C25H28FN3O3. The summed E-state index contributed by atoms with van der Waals surface area (Å²) in [5.41, 5.74) is 1.04. The van der Waals surface area contributed by atoms with E-state index in [1.807, 2.05) is 63.2 Å². The number of hydrogen-bond acceptors (Lipinski definition) is 3. The third-order valence-electron chi connectivity index (χ3n) is 5.02. The minimum absolute atomic E-state index is 0.0720. The summed E-state index contributed by atoms with van der Waals surface area (Å²) in [4.78, 5) is 29.2. The Bertz CT molecular complexity index is 1050. The van der Waals surface area contributed by atoms with Gasteiger partial charge >= 0.3 is 6.03 Å². The van der Waals surface area contributed by atoms with Gasteiger partial charge in [0.05, 0.1) is 12.2 Å². The molecular weight excluding hydrogens is 409 g/mol. The van der Waals surface area contributed by atoms with Gasteiger partial charge in [0, 0.05) is 12.6 Å². The molecule has 0 fully saturated rings. The molecule has 3 rings (SSSR count). The van der Waals surface area contributed by atoms with E-state index in [1.165, 1.54) is 17.0 Å². The maximum atomic E-state index is 14.0. The van der Waals surface area contributed by atoms with Crippen LogP contribution in [-0.2, 0) is 17.9 Å². The van der Waals surface area contributed by atoms with E-state index in [0.29, 0.717) is 12.3 Å². The van der Waals surface area contributed by atoms with Gasteiger partial charge in [0.1, 0.15) is 23.9 Å². The van der Waals surface area contributed by atoms with Crippen LogP contribution in [0.15, 0.2) is 71.1 Å². The lowest BCUT2D eigenvalue weighted by atomic mass is 10.2. The summed E-state index contributed by atoms with van der Waals surface area (Å²) < 4.78 is 19.6. The fourth-order valence-electron chi connectivity index (χ4n) is 3.28. The van der Waals surface area contributed by atoms with Crippen molar-refractivity contribution < 1.29 is 18.4 Å². The molecule has 1 N–H and O–H groups in total. The highest BCUT2D eigenvalue weighted by atomic mass is 19.1. The number of furan rings is 1. The van der Waals surface area contributed by atoms with Gasteiger partial charge in [-0.15, -0.1) is 0 Å².